The van der Waals surface area contributed by atoms with Crippen molar-refractivity contribution in [1.29, 1.82) is 0 Å². The van der Waals surface area contributed by atoms with Crippen molar-refractivity contribution in [3.63, 3.8) is 0 Å². The minimum absolute atomic E-state index is 0.216. The van der Waals surface area contributed by atoms with Crippen molar-refractivity contribution in [2.75, 3.05) is 12.5 Å². The monoisotopic (exact) mass is 288 g/mol. The third-order valence-corrected chi connectivity index (χ3v) is 3.16. The molecule has 0 amide bonds. The van der Waals surface area contributed by atoms with Gasteiger partial charge in [-0.3, -0.25) is 8.37 Å². The molecule has 0 radical (unpaired) electrons. The van der Waals surface area contributed by atoms with E-state index in [1.807, 2.05) is 6.92 Å². The predicted octanol–water partition coefficient (Wildman–Crippen LogP) is 0.886. The highest BCUT2D eigenvalue weighted by Crippen LogP contribution is 2.15. The van der Waals surface area contributed by atoms with Crippen LogP contribution >= 0.6 is 0 Å². The molecule has 17 heavy (non-hydrogen) atoms. The Hall–Kier alpha value is -0.180. The zero-order chi connectivity index (χ0) is 13.7. The molecule has 0 N–H and O–H groups in total. The number of hydrogen-bond donors (Lipinski definition) is 0. The second kappa shape index (κ2) is 6.67. The molecule has 0 aromatic rings. The van der Waals surface area contributed by atoms with E-state index in [0.29, 0.717) is 6.42 Å². The summed E-state index contributed by atoms with van der Waals surface area (Å²) in [5.74, 6) is 0. The standard InChI is InChI=1S/C9H20O6S2/c1-5-6-9(15-17(4,12)13)7-8(2)14-16(3,10)11/h8-9H,5-7H2,1-4H3. The van der Waals surface area contributed by atoms with E-state index in [4.69, 9.17) is 8.37 Å². The molecule has 0 aromatic carbocycles. The van der Waals surface area contributed by atoms with Crippen molar-refractivity contribution in [3.05, 3.63) is 0 Å². The maximum absolute atomic E-state index is 11.0. The first kappa shape index (κ1) is 16.8. The average molecular weight is 288 g/mol. The van der Waals surface area contributed by atoms with Crippen molar-refractivity contribution in [3.8, 4) is 0 Å². The van der Waals surface area contributed by atoms with Crippen molar-refractivity contribution in [2.45, 2.75) is 45.3 Å². The molecule has 0 aliphatic rings. The van der Waals surface area contributed by atoms with E-state index in [1.54, 1.807) is 6.92 Å². The van der Waals surface area contributed by atoms with Gasteiger partial charge < -0.3 is 0 Å². The molecule has 0 aromatic heterocycles. The molecule has 0 rings (SSSR count). The molecule has 0 saturated carbocycles. The van der Waals surface area contributed by atoms with Crippen LogP contribution in [0.3, 0.4) is 0 Å². The van der Waals surface area contributed by atoms with Gasteiger partial charge in [-0.15, -0.1) is 0 Å². The zero-order valence-corrected chi connectivity index (χ0v) is 12.2. The van der Waals surface area contributed by atoms with Gasteiger partial charge in [-0.1, -0.05) is 13.3 Å². The quantitative estimate of drug-likeness (QED) is 0.616. The molecule has 0 spiro atoms. The molecular weight excluding hydrogens is 268 g/mol. The summed E-state index contributed by atoms with van der Waals surface area (Å²) in [6, 6.07) is 0. The van der Waals surface area contributed by atoms with Gasteiger partial charge in [-0.05, 0) is 13.3 Å². The fraction of sp³-hybridized carbons (Fsp3) is 1.00. The molecule has 0 bridgehead atoms. The van der Waals surface area contributed by atoms with Gasteiger partial charge in [0.1, 0.15) is 0 Å². The predicted molar refractivity (Wildman–Crippen MR) is 64.6 cm³/mol. The van der Waals surface area contributed by atoms with E-state index in [-0.39, 0.29) is 6.42 Å². The smallest absolute Gasteiger partial charge is 0.264 e. The summed E-state index contributed by atoms with van der Waals surface area (Å²) in [5, 5.41) is 0. The molecule has 8 heteroatoms. The number of rotatable bonds is 8. The summed E-state index contributed by atoms with van der Waals surface area (Å²) >= 11 is 0. The summed E-state index contributed by atoms with van der Waals surface area (Å²) in [6.07, 6.45) is 2.26. The summed E-state index contributed by atoms with van der Waals surface area (Å²) in [7, 11) is -7.07. The Morgan fingerprint density at radius 2 is 1.47 bits per heavy atom. The van der Waals surface area contributed by atoms with Crippen LogP contribution in [0.1, 0.15) is 33.1 Å². The second-order valence-electron chi connectivity index (χ2n) is 4.06. The summed E-state index contributed by atoms with van der Waals surface area (Å²) in [4.78, 5) is 0. The summed E-state index contributed by atoms with van der Waals surface area (Å²) in [6.45, 7) is 3.45. The Morgan fingerprint density at radius 3 is 1.82 bits per heavy atom. The lowest BCUT2D eigenvalue weighted by atomic mass is 10.1. The fourth-order valence-electron chi connectivity index (χ4n) is 1.48. The third-order valence-electron chi connectivity index (χ3n) is 1.86. The first-order chi connectivity index (χ1) is 7.53. The first-order valence-corrected chi connectivity index (χ1v) is 8.93. The van der Waals surface area contributed by atoms with Gasteiger partial charge in [0.15, 0.2) is 0 Å². The highest BCUT2D eigenvalue weighted by atomic mass is 32.2. The van der Waals surface area contributed by atoms with Crippen LogP contribution in [0, 0.1) is 0 Å². The van der Waals surface area contributed by atoms with E-state index < -0.39 is 32.4 Å². The fourth-order valence-corrected chi connectivity index (χ4v) is 2.83. The second-order valence-corrected chi connectivity index (χ2v) is 7.26. The normalized spacial score (nSPS) is 16.7. The lowest BCUT2D eigenvalue weighted by Gasteiger charge is -2.19. The van der Waals surface area contributed by atoms with Crippen LogP contribution in [-0.2, 0) is 28.6 Å². The van der Waals surface area contributed by atoms with Crippen LogP contribution in [0.25, 0.3) is 0 Å². The van der Waals surface area contributed by atoms with Gasteiger partial charge in [-0.2, -0.15) is 16.8 Å². The maximum Gasteiger partial charge on any atom is 0.264 e. The molecule has 2 atom stereocenters. The highest BCUT2D eigenvalue weighted by Gasteiger charge is 2.20. The molecule has 0 aliphatic carbocycles. The Morgan fingerprint density at radius 1 is 1.00 bits per heavy atom. The molecule has 0 fully saturated rings. The maximum atomic E-state index is 11.0. The SMILES string of the molecule is CCCC(CC(C)OS(C)(=O)=O)OS(C)(=O)=O. The van der Waals surface area contributed by atoms with E-state index in [9.17, 15) is 16.8 Å². The topological polar surface area (TPSA) is 86.7 Å². The first-order valence-electron chi connectivity index (χ1n) is 5.30. The molecule has 0 aliphatic heterocycles. The van der Waals surface area contributed by atoms with E-state index in [1.165, 1.54) is 0 Å². The largest absolute Gasteiger partial charge is 0.267 e. The molecule has 0 saturated heterocycles. The van der Waals surface area contributed by atoms with Gasteiger partial charge >= 0.3 is 0 Å². The van der Waals surface area contributed by atoms with Gasteiger partial charge in [0.25, 0.3) is 20.2 Å². The lowest BCUT2D eigenvalue weighted by Crippen LogP contribution is -2.25. The van der Waals surface area contributed by atoms with Gasteiger partial charge in [0.05, 0.1) is 24.7 Å². The molecule has 104 valence electrons. The van der Waals surface area contributed by atoms with E-state index in [0.717, 1.165) is 18.9 Å². The minimum Gasteiger partial charge on any atom is -0.267 e. The van der Waals surface area contributed by atoms with Crippen LogP contribution in [-0.4, -0.2) is 41.6 Å². The van der Waals surface area contributed by atoms with Crippen LogP contribution in [0.2, 0.25) is 0 Å². The van der Waals surface area contributed by atoms with Crippen LogP contribution in [0.4, 0.5) is 0 Å². The van der Waals surface area contributed by atoms with E-state index in [2.05, 4.69) is 0 Å². The lowest BCUT2D eigenvalue weighted by molar-refractivity contribution is 0.124. The van der Waals surface area contributed by atoms with Crippen LogP contribution in [0.15, 0.2) is 0 Å². The Bertz CT molecular complexity index is 411. The Balaban J connectivity index is 4.44. The average Bonchev–Trinajstić information content (AvgIpc) is 1.95. The Labute approximate surface area is 104 Å². The van der Waals surface area contributed by atoms with Gasteiger partial charge in [0, 0.05) is 6.42 Å². The minimum atomic E-state index is -3.54. The highest BCUT2D eigenvalue weighted by molar-refractivity contribution is 7.86. The van der Waals surface area contributed by atoms with Crippen LogP contribution < -0.4 is 0 Å². The van der Waals surface area contributed by atoms with Crippen LogP contribution in [0.5, 0.6) is 0 Å². The van der Waals surface area contributed by atoms with E-state index >= 15 is 0 Å². The third kappa shape index (κ3) is 10.7. The summed E-state index contributed by atoms with van der Waals surface area (Å²) < 4.78 is 53.4. The molecule has 2 unspecified atom stereocenters. The van der Waals surface area contributed by atoms with Crippen molar-refractivity contribution in [2.24, 2.45) is 0 Å². The Kier molecular flexibility index (Phi) is 6.60. The molecular formula is C9H20O6S2. The summed E-state index contributed by atoms with van der Waals surface area (Å²) in [5.41, 5.74) is 0. The van der Waals surface area contributed by atoms with Crippen molar-refractivity contribution < 1.29 is 25.2 Å². The zero-order valence-electron chi connectivity index (χ0n) is 10.5. The van der Waals surface area contributed by atoms with Gasteiger partial charge in [0.2, 0.25) is 0 Å². The number of hydrogen-bond acceptors (Lipinski definition) is 6. The van der Waals surface area contributed by atoms with Crippen molar-refractivity contribution in [1.82, 2.24) is 0 Å². The van der Waals surface area contributed by atoms with Gasteiger partial charge in [-0.25, -0.2) is 0 Å². The molecule has 6 nitrogen and oxygen atoms in total. The van der Waals surface area contributed by atoms with Crippen molar-refractivity contribution >= 4 is 20.2 Å². The molecule has 0 heterocycles.